The Balaban J connectivity index is 2.13. The Kier molecular flexibility index (Phi) is 4.80. The lowest BCUT2D eigenvalue weighted by molar-refractivity contribution is 0.266. The van der Waals surface area contributed by atoms with E-state index >= 15 is 0 Å². The third-order valence-electron chi connectivity index (χ3n) is 4.26. The quantitative estimate of drug-likeness (QED) is 0.900. The van der Waals surface area contributed by atoms with Gasteiger partial charge in [0.05, 0.1) is 17.5 Å². The van der Waals surface area contributed by atoms with Gasteiger partial charge in [-0.1, -0.05) is 11.6 Å². The van der Waals surface area contributed by atoms with Crippen molar-refractivity contribution in [3.63, 3.8) is 0 Å². The highest BCUT2D eigenvalue weighted by Crippen LogP contribution is 2.35. The van der Waals surface area contributed by atoms with Crippen LogP contribution in [0.1, 0.15) is 12.8 Å². The number of nitrogens with zero attached hydrogens (tertiary/aromatic N) is 2. The number of benzene rings is 1. The van der Waals surface area contributed by atoms with Gasteiger partial charge in [-0.15, -0.1) is 0 Å². The predicted molar refractivity (Wildman–Crippen MR) is 95.2 cm³/mol. The van der Waals surface area contributed by atoms with Crippen LogP contribution in [0.3, 0.4) is 0 Å². The molecule has 1 saturated heterocycles. The maximum Gasteiger partial charge on any atom is 0.175 e. The zero-order valence-corrected chi connectivity index (χ0v) is 14.9. The fourth-order valence-electron chi connectivity index (χ4n) is 3.09. The number of sulfone groups is 1. The summed E-state index contributed by atoms with van der Waals surface area (Å²) < 4.78 is 23.8. The summed E-state index contributed by atoms with van der Waals surface area (Å²) in [6.07, 6.45) is 4.77. The topological polar surface area (TPSA) is 70.5 Å². The standard InChI is InChI=1S/C17H19ClN2O3S/c1-24(22,23)15-9-12(8-13(18)10-15)16-5-2-6-19-17(16)20-7-3-4-14(20)11-21/h2,5-6,8-10,14,21H,3-4,7,11H2,1H3/t14-/m0/s1. The summed E-state index contributed by atoms with van der Waals surface area (Å²) in [4.78, 5) is 6.74. The van der Waals surface area contributed by atoms with Crippen LogP contribution in [0.2, 0.25) is 5.02 Å². The Morgan fingerprint density at radius 1 is 1.38 bits per heavy atom. The Morgan fingerprint density at radius 2 is 2.17 bits per heavy atom. The normalized spacial score (nSPS) is 18.1. The molecule has 0 bridgehead atoms. The SMILES string of the molecule is CS(=O)(=O)c1cc(Cl)cc(-c2cccnc2N2CCC[C@H]2CO)c1. The fourth-order valence-corrected chi connectivity index (χ4v) is 4.07. The zero-order valence-electron chi connectivity index (χ0n) is 13.3. The summed E-state index contributed by atoms with van der Waals surface area (Å²) in [5, 5.41) is 9.95. The van der Waals surface area contributed by atoms with Crippen molar-refractivity contribution in [3.05, 3.63) is 41.6 Å². The van der Waals surface area contributed by atoms with Crippen LogP contribution in [0.4, 0.5) is 5.82 Å². The molecular weight excluding hydrogens is 348 g/mol. The van der Waals surface area contributed by atoms with Crippen molar-refractivity contribution in [2.24, 2.45) is 0 Å². The van der Waals surface area contributed by atoms with Gasteiger partial charge >= 0.3 is 0 Å². The van der Waals surface area contributed by atoms with Crippen molar-refractivity contribution in [3.8, 4) is 11.1 Å². The van der Waals surface area contributed by atoms with Crippen molar-refractivity contribution in [1.29, 1.82) is 0 Å². The van der Waals surface area contributed by atoms with Crippen LogP contribution in [-0.4, -0.2) is 44.0 Å². The monoisotopic (exact) mass is 366 g/mol. The van der Waals surface area contributed by atoms with Gasteiger partial charge in [0.15, 0.2) is 9.84 Å². The third kappa shape index (κ3) is 3.41. The number of aliphatic hydroxyl groups excluding tert-OH is 1. The van der Waals surface area contributed by atoms with E-state index in [1.807, 2.05) is 12.1 Å². The van der Waals surface area contributed by atoms with Gasteiger partial charge in [-0.2, -0.15) is 0 Å². The van der Waals surface area contributed by atoms with E-state index in [-0.39, 0.29) is 17.5 Å². The molecule has 5 nitrogen and oxygen atoms in total. The second-order valence-corrected chi connectivity index (χ2v) is 8.45. The largest absolute Gasteiger partial charge is 0.394 e. The highest BCUT2D eigenvalue weighted by Gasteiger charge is 2.27. The molecule has 2 heterocycles. The molecule has 1 aliphatic rings. The molecule has 1 aliphatic heterocycles. The van der Waals surface area contributed by atoms with Gasteiger partial charge in [-0.05, 0) is 48.7 Å². The van der Waals surface area contributed by atoms with Crippen LogP contribution in [0.5, 0.6) is 0 Å². The summed E-state index contributed by atoms with van der Waals surface area (Å²) >= 11 is 6.14. The highest BCUT2D eigenvalue weighted by atomic mass is 35.5. The van der Waals surface area contributed by atoms with Crippen LogP contribution in [0.25, 0.3) is 11.1 Å². The molecule has 1 N–H and O–H groups in total. The molecule has 1 fully saturated rings. The minimum Gasteiger partial charge on any atom is -0.394 e. The van der Waals surface area contributed by atoms with E-state index in [0.717, 1.165) is 37.0 Å². The Hall–Kier alpha value is -1.63. The minimum atomic E-state index is -3.36. The number of hydrogen-bond acceptors (Lipinski definition) is 5. The van der Waals surface area contributed by atoms with E-state index in [1.165, 1.54) is 6.07 Å². The average molecular weight is 367 g/mol. The van der Waals surface area contributed by atoms with E-state index in [1.54, 1.807) is 18.3 Å². The molecule has 1 aromatic carbocycles. The molecule has 24 heavy (non-hydrogen) atoms. The molecule has 0 aliphatic carbocycles. The molecule has 7 heteroatoms. The number of pyridine rings is 1. The average Bonchev–Trinajstić information content (AvgIpc) is 3.02. The Bertz CT molecular complexity index is 855. The molecule has 0 amide bonds. The zero-order chi connectivity index (χ0) is 17.3. The highest BCUT2D eigenvalue weighted by molar-refractivity contribution is 7.90. The van der Waals surface area contributed by atoms with Crippen LogP contribution >= 0.6 is 11.6 Å². The van der Waals surface area contributed by atoms with E-state index < -0.39 is 9.84 Å². The number of halogens is 1. The molecule has 3 rings (SSSR count). The summed E-state index contributed by atoms with van der Waals surface area (Å²) in [5.74, 6) is 0.746. The molecule has 0 saturated carbocycles. The molecular formula is C17H19ClN2O3S. The van der Waals surface area contributed by atoms with E-state index in [0.29, 0.717) is 10.6 Å². The summed E-state index contributed by atoms with van der Waals surface area (Å²) in [5.41, 5.74) is 1.51. The van der Waals surface area contributed by atoms with Gasteiger partial charge in [0.2, 0.25) is 0 Å². The van der Waals surface area contributed by atoms with Crippen molar-refractivity contribution >= 4 is 27.3 Å². The molecule has 0 radical (unpaired) electrons. The minimum absolute atomic E-state index is 0.0345. The molecule has 0 unspecified atom stereocenters. The lowest BCUT2D eigenvalue weighted by Gasteiger charge is -2.26. The van der Waals surface area contributed by atoms with E-state index in [4.69, 9.17) is 11.6 Å². The predicted octanol–water partition coefficient (Wildman–Crippen LogP) is 2.77. The number of aliphatic hydroxyl groups is 1. The van der Waals surface area contributed by atoms with Crippen LogP contribution < -0.4 is 4.90 Å². The third-order valence-corrected chi connectivity index (χ3v) is 5.57. The summed E-state index contributed by atoms with van der Waals surface area (Å²) in [6, 6.07) is 8.54. The fraction of sp³-hybridized carbons (Fsp3) is 0.353. The first kappa shape index (κ1) is 17.2. The molecule has 2 aromatic rings. The van der Waals surface area contributed by atoms with E-state index in [2.05, 4.69) is 9.88 Å². The number of anilines is 1. The van der Waals surface area contributed by atoms with Crippen molar-refractivity contribution < 1.29 is 13.5 Å². The van der Waals surface area contributed by atoms with Gasteiger partial charge in [0, 0.05) is 29.6 Å². The van der Waals surface area contributed by atoms with Crippen molar-refractivity contribution in [2.45, 2.75) is 23.8 Å². The lowest BCUT2D eigenvalue weighted by Crippen LogP contribution is -2.33. The van der Waals surface area contributed by atoms with Gasteiger partial charge in [0.25, 0.3) is 0 Å². The molecule has 1 aromatic heterocycles. The second-order valence-electron chi connectivity index (χ2n) is 5.99. The Labute approximate surface area is 146 Å². The summed E-state index contributed by atoms with van der Waals surface area (Å²) in [7, 11) is -3.36. The van der Waals surface area contributed by atoms with Gasteiger partial charge in [0.1, 0.15) is 5.82 Å². The van der Waals surface area contributed by atoms with Gasteiger partial charge < -0.3 is 10.0 Å². The van der Waals surface area contributed by atoms with Crippen molar-refractivity contribution in [1.82, 2.24) is 4.98 Å². The lowest BCUT2D eigenvalue weighted by atomic mass is 10.1. The van der Waals surface area contributed by atoms with Crippen LogP contribution in [-0.2, 0) is 9.84 Å². The van der Waals surface area contributed by atoms with Crippen LogP contribution in [0.15, 0.2) is 41.4 Å². The smallest absolute Gasteiger partial charge is 0.175 e. The van der Waals surface area contributed by atoms with Crippen molar-refractivity contribution in [2.75, 3.05) is 24.3 Å². The van der Waals surface area contributed by atoms with Gasteiger partial charge in [-0.25, -0.2) is 13.4 Å². The number of rotatable bonds is 4. The second kappa shape index (κ2) is 6.70. The first-order chi connectivity index (χ1) is 11.4. The number of hydrogen-bond donors (Lipinski definition) is 1. The molecule has 0 spiro atoms. The number of aromatic nitrogens is 1. The maximum absolute atomic E-state index is 11.9. The van der Waals surface area contributed by atoms with E-state index in [9.17, 15) is 13.5 Å². The van der Waals surface area contributed by atoms with Gasteiger partial charge in [-0.3, -0.25) is 0 Å². The molecule has 128 valence electrons. The maximum atomic E-state index is 11.9. The molecule has 1 atom stereocenters. The first-order valence-electron chi connectivity index (χ1n) is 7.73. The first-order valence-corrected chi connectivity index (χ1v) is 10.0. The van der Waals surface area contributed by atoms with Crippen LogP contribution in [0, 0.1) is 0 Å². The Morgan fingerprint density at radius 3 is 2.88 bits per heavy atom. The summed E-state index contributed by atoms with van der Waals surface area (Å²) in [6.45, 7) is 0.884.